The highest BCUT2D eigenvalue weighted by Crippen LogP contribution is 2.15. The SMILES string of the molecule is CCc1ccc(NC(N)=NCCOc2ccc(S(C)(=O)=O)cc2)cc1.I. The number of sulfone groups is 1. The molecule has 2 rings (SSSR count). The van der Waals surface area contributed by atoms with Crippen LogP contribution < -0.4 is 15.8 Å². The van der Waals surface area contributed by atoms with E-state index < -0.39 is 9.84 Å². The Bertz CT molecular complexity index is 820. The van der Waals surface area contributed by atoms with Crippen LogP contribution in [0.1, 0.15) is 12.5 Å². The lowest BCUT2D eigenvalue weighted by Crippen LogP contribution is -2.23. The summed E-state index contributed by atoms with van der Waals surface area (Å²) in [5.41, 5.74) is 7.99. The summed E-state index contributed by atoms with van der Waals surface area (Å²) in [7, 11) is -3.19. The molecule has 0 fully saturated rings. The molecular formula is C18H24IN3O3S. The lowest BCUT2D eigenvalue weighted by Gasteiger charge is -2.08. The van der Waals surface area contributed by atoms with E-state index in [4.69, 9.17) is 10.5 Å². The van der Waals surface area contributed by atoms with Gasteiger partial charge in [-0.25, -0.2) is 13.4 Å². The van der Waals surface area contributed by atoms with Crippen LogP contribution in [0.2, 0.25) is 0 Å². The van der Waals surface area contributed by atoms with Crippen LogP contribution in [0.15, 0.2) is 58.4 Å². The van der Waals surface area contributed by atoms with Crippen LogP contribution in [0.25, 0.3) is 0 Å². The summed E-state index contributed by atoms with van der Waals surface area (Å²) in [4.78, 5) is 4.46. The van der Waals surface area contributed by atoms with Gasteiger partial charge in [-0.05, 0) is 48.4 Å². The van der Waals surface area contributed by atoms with E-state index >= 15 is 0 Å². The molecule has 8 heteroatoms. The fourth-order valence-electron chi connectivity index (χ4n) is 2.12. The summed E-state index contributed by atoms with van der Waals surface area (Å²) in [5.74, 6) is 0.907. The molecule has 3 N–H and O–H groups in total. The van der Waals surface area contributed by atoms with Crippen LogP contribution in [-0.4, -0.2) is 33.8 Å². The number of nitrogens with two attached hydrogens (primary N) is 1. The Hall–Kier alpha value is -1.81. The number of guanidine groups is 1. The maximum atomic E-state index is 11.4. The van der Waals surface area contributed by atoms with E-state index in [-0.39, 0.29) is 28.9 Å². The number of halogens is 1. The van der Waals surface area contributed by atoms with Gasteiger partial charge in [0.05, 0.1) is 11.4 Å². The average molecular weight is 489 g/mol. The number of rotatable bonds is 7. The van der Waals surface area contributed by atoms with E-state index in [2.05, 4.69) is 17.2 Å². The molecule has 0 atom stereocenters. The van der Waals surface area contributed by atoms with Gasteiger partial charge in [0.2, 0.25) is 0 Å². The lowest BCUT2D eigenvalue weighted by molar-refractivity contribution is 0.328. The molecule has 0 aromatic heterocycles. The number of aliphatic imine (C=N–C) groups is 1. The van der Waals surface area contributed by atoms with Gasteiger partial charge < -0.3 is 15.8 Å². The molecular weight excluding hydrogens is 465 g/mol. The summed E-state index contributed by atoms with van der Waals surface area (Å²) in [6.07, 6.45) is 2.16. The summed E-state index contributed by atoms with van der Waals surface area (Å²) < 4.78 is 28.3. The largest absolute Gasteiger partial charge is 0.492 e. The molecule has 26 heavy (non-hydrogen) atoms. The molecule has 6 nitrogen and oxygen atoms in total. The lowest BCUT2D eigenvalue weighted by atomic mass is 10.1. The smallest absolute Gasteiger partial charge is 0.193 e. The van der Waals surface area contributed by atoms with Crippen molar-refractivity contribution >= 4 is 45.5 Å². The number of benzene rings is 2. The first kappa shape index (κ1) is 22.2. The normalized spacial score (nSPS) is 11.5. The zero-order valence-electron chi connectivity index (χ0n) is 14.8. The molecule has 0 saturated carbocycles. The highest BCUT2D eigenvalue weighted by Gasteiger charge is 2.06. The molecule has 142 valence electrons. The zero-order chi connectivity index (χ0) is 18.3. The second-order valence-electron chi connectivity index (χ2n) is 5.53. The molecule has 0 amide bonds. The molecule has 0 spiro atoms. The van der Waals surface area contributed by atoms with Gasteiger partial charge in [-0.3, -0.25) is 0 Å². The van der Waals surface area contributed by atoms with Crippen molar-refractivity contribution in [1.29, 1.82) is 0 Å². The minimum absolute atomic E-state index is 0. The molecule has 2 aromatic carbocycles. The quantitative estimate of drug-likeness (QED) is 0.270. The molecule has 2 aromatic rings. The van der Waals surface area contributed by atoms with E-state index in [1.807, 2.05) is 24.3 Å². The monoisotopic (exact) mass is 489 g/mol. The van der Waals surface area contributed by atoms with Crippen LogP contribution >= 0.6 is 24.0 Å². The summed E-state index contributed by atoms with van der Waals surface area (Å²) >= 11 is 0. The number of anilines is 1. The van der Waals surface area contributed by atoms with Gasteiger partial charge in [-0.2, -0.15) is 0 Å². The van der Waals surface area contributed by atoms with E-state index in [1.165, 1.54) is 24.0 Å². The van der Waals surface area contributed by atoms with Crippen molar-refractivity contribution < 1.29 is 13.2 Å². The van der Waals surface area contributed by atoms with Crippen molar-refractivity contribution in [1.82, 2.24) is 0 Å². The van der Waals surface area contributed by atoms with Gasteiger partial charge in [-0.1, -0.05) is 19.1 Å². The van der Waals surface area contributed by atoms with E-state index in [0.717, 1.165) is 12.1 Å². The number of hydrogen-bond acceptors (Lipinski definition) is 4. The molecule has 0 aliphatic carbocycles. The Morgan fingerprint density at radius 2 is 1.73 bits per heavy atom. The number of ether oxygens (including phenoxy) is 1. The second kappa shape index (κ2) is 10.4. The predicted molar refractivity (Wildman–Crippen MR) is 116 cm³/mol. The average Bonchev–Trinajstić information content (AvgIpc) is 2.59. The first-order valence-electron chi connectivity index (χ1n) is 7.97. The Morgan fingerprint density at radius 3 is 2.27 bits per heavy atom. The van der Waals surface area contributed by atoms with Crippen molar-refractivity contribution in [2.24, 2.45) is 10.7 Å². The molecule has 0 bridgehead atoms. The first-order chi connectivity index (χ1) is 11.9. The highest BCUT2D eigenvalue weighted by atomic mass is 127. The maximum absolute atomic E-state index is 11.4. The summed E-state index contributed by atoms with van der Waals surface area (Å²) in [6, 6.07) is 14.3. The number of nitrogens with one attached hydrogen (secondary N) is 1. The molecule has 0 aliphatic heterocycles. The summed E-state index contributed by atoms with van der Waals surface area (Å²) in [6.45, 7) is 2.84. The van der Waals surface area contributed by atoms with Crippen LogP contribution in [0.3, 0.4) is 0 Å². The van der Waals surface area contributed by atoms with E-state index in [9.17, 15) is 8.42 Å². The predicted octanol–water partition coefficient (Wildman–Crippen LogP) is 3.08. The number of aryl methyl sites for hydroxylation is 1. The molecule has 0 saturated heterocycles. The van der Waals surface area contributed by atoms with Gasteiger partial charge in [0.15, 0.2) is 15.8 Å². The number of hydrogen-bond donors (Lipinski definition) is 2. The minimum Gasteiger partial charge on any atom is -0.492 e. The van der Waals surface area contributed by atoms with Crippen LogP contribution in [0, 0.1) is 0 Å². The standard InChI is InChI=1S/C18H23N3O3S.HI/c1-3-14-4-6-15(7-5-14)21-18(19)20-12-13-24-16-8-10-17(11-9-16)25(2,22)23;/h4-11H,3,12-13H2,1-2H3,(H3,19,20,21);1H. The third-order valence-corrected chi connectivity index (χ3v) is 4.66. The van der Waals surface area contributed by atoms with Gasteiger partial charge in [0, 0.05) is 11.9 Å². The Labute approximate surface area is 171 Å². The second-order valence-corrected chi connectivity index (χ2v) is 7.55. The van der Waals surface area contributed by atoms with Crippen molar-refractivity contribution in [2.75, 3.05) is 24.7 Å². The third-order valence-electron chi connectivity index (χ3n) is 3.53. The Morgan fingerprint density at radius 1 is 1.12 bits per heavy atom. The van der Waals surface area contributed by atoms with Crippen LogP contribution in [0.4, 0.5) is 5.69 Å². The third kappa shape index (κ3) is 7.20. The van der Waals surface area contributed by atoms with Gasteiger partial charge in [0.1, 0.15) is 12.4 Å². The Kier molecular flexibility index (Phi) is 8.86. The topological polar surface area (TPSA) is 93.8 Å². The van der Waals surface area contributed by atoms with Crippen molar-refractivity contribution in [3.63, 3.8) is 0 Å². The molecule has 0 radical (unpaired) electrons. The van der Waals surface area contributed by atoms with Crippen LogP contribution in [-0.2, 0) is 16.3 Å². The van der Waals surface area contributed by atoms with Crippen molar-refractivity contribution in [3.8, 4) is 5.75 Å². The highest BCUT2D eigenvalue weighted by molar-refractivity contribution is 14.0. The summed E-state index contributed by atoms with van der Waals surface area (Å²) in [5, 5.41) is 3.02. The fourth-order valence-corrected chi connectivity index (χ4v) is 2.75. The van der Waals surface area contributed by atoms with E-state index in [0.29, 0.717) is 24.9 Å². The maximum Gasteiger partial charge on any atom is 0.193 e. The van der Waals surface area contributed by atoms with Crippen molar-refractivity contribution in [3.05, 3.63) is 54.1 Å². The van der Waals surface area contributed by atoms with Gasteiger partial charge >= 0.3 is 0 Å². The molecule has 0 heterocycles. The fraction of sp³-hybridized carbons (Fsp3) is 0.278. The van der Waals surface area contributed by atoms with E-state index in [1.54, 1.807) is 12.1 Å². The van der Waals surface area contributed by atoms with Crippen molar-refractivity contribution in [2.45, 2.75) is 18.2 Å². The number of nitrogens with zero attached hydrogens (tertiary/aromatic N) is 1. The molecule has 0 unspecified atom stereocenters. The Balaban J connectivity index is 0.00000338. The zero-order valence-corrected chi connectivity index (χ0v) is 18.0. The van der Waals surface area contributed by atoms with Crippen LogP contribution in [0.5, 0.6) is 5.75 Å². The molecule has 0 aliphatic rings. The first-order valence-corrected chi connectivity index (χ1v) is 9.86. The minimum atomic E-state index is -3.19. The van der Waals surface area contributed by atoms with Gasteiger partial charge in [0.25, 0.3) is 0 Å². The van der Waals surface area contributed by atoms with Gasteiger partial charge in [-0.15, -0.1) is 24.0 Å².